The Morgan fingerprint density at radius 3 is 2.44 bits per heavy atom. The van der Waals surface area contributed by atoms with E-state index in [0.717, 1.165) is 18.3 Å². The summed E-state index contributed by atoms with van der Waals surface area (Å²) in [6, 6.07) is 3.55. The van der Waals surface area contributed by atoms with E-state index >= 15 is 0 Å². The second-order valence-corrected chi connectivity index (χ2v) is 8.96. The molecule has 0 saturated carbocycles. The van der Waals surface area contributed by atoms with Crippen LogP contribution >= 0.6 is 0 Å². The number of anilines is 2. The third-order valence-electron chi connectivity index (χ3n) is 4.65. The third-order valence-corrected chi connectivity index (χ3v) is 6.05. The smallest absolute Gasteiger partial charge is 0.373 e. The van der Waals surface area contributed by atoms with Crippen LogP contribution in [0.25, 0.3) is 0 Å². The van der Waals surface area contributed by atoms with Crippen molar-refractivity contribution >= 4 is 27.6 Å². The molecular formula is C19H18F6N4O4S. The van der Waals surface area contributed by atoms with E-state index in [2.05, 4.69) is 15.6 Å². The van der Waals surface area contributed by atoms with Crippen molar-refractivity contribution in [3.63, 3.8) is 0 Å². The predicted molar refractivity (Wildman–Crippen MR) is 107 cm³/mol. The number of halogens is 6. The van der Waals surface area contributed by atoms with Crippen LogP contribution in [0, 0.1) is 0 Å². The zero-order chi connectivity index (χ0) is 25.1. The van der Waals surface area contributed by atoms with Gasteiger partial charge in [-0.05, 0) is 37.1 Å². The van der Waals surface area contributed by atoms with Crippen LogP contribution < -0.4 is 15.4 Å². The number of nitrogens with zero attached hydrogens (tertiary/aromatic N) is 1. The molecule has 8 nitrogen and oxygen atoms in total. The standard InChI is InChI=1S/C19H18F6N4O4S/c20-18(21,22)10-27-34(31,32)12-3-4-13(15-2-1-7-33-15)14(9-12)28-17(30)29-16-8-11(5-6-26-16)19(23,24)25/h3-6,8-9,15,27H,1-2,7,10H2,(H2,26,28,29,30). The molecule has 3 rings (SSSR count). The highest BCUT2D eigenvalue weighted by Crippen LogP contribution is 2.35. The molecule has 1 unspecified atom stereocenters. The topological polar surface area (TPSA) is 109 Å². The van der Waals surface area contributed by atoms with E-state index in [1.807, 2.05) is 0 Å². The number of carbonyl (C=O) groups is 1. The highest BCUT2D eigenvalue weighted by Gasteiger charge is 2.32. The summed E-state index contributed by atoms with van der Waals surface area (Å²) in [5.74, 6) is -0.429. The molecule has 2 aromatic rings. The van der Waals surface area contributed by atoms with Crippen molar-refractivity contribution in [3.05, 3.63) is 47.7 Å². The summed E-state index contributed by atoms with van der Waals surface area (Å²) in [5.41, 5.74) is -0.813. The van der Waals surface area contributed by atoms with Gasteiger partial charge < -0.3 is 10.1 Å². The van der Waals surface area contributed by atoms with Gasteiger partial charge in [0.25, 0.3) is 0 Å². The highest BCUT2D eigenvalue weighted by molar-refractivity contribution is 7.89. The monoisotopic (exact) mass is 512 g/mol. The number of aromatic nitrogens is 1. The number of sulfonamides is 1. The summed E-state index contributed by atoms with van der Waals surface area (Å²) in [6.07, 6.45) is -7.93. The molecule has 1 aromatic carbocycles. The molecular weight excluding hydrogens is 494 g/mol. The van der Waals surface area contributed by atoms with E-state index in [0.29, 0.717) is 37.1 Å². The normalized spacial score (nSPS) is 16.9. The lowest BCUT2D eigenvalue weighted by molar-refractivity contribution is -0.137. The Balaban J connectivity index is 1.86. The number of alkyl halides is 6. The number of urea groups is 1. The van der Waals surface area contributed by atoms with Crippen LogP contribution in [0.5, 0.6) is 0 Å². The molecule has 1 aliphatic rings. The lowest BCUT2D eigenvalue weighted by atomic mass is 10.0. The minimum Gasteiger partial charge on any atom is -0.373 e. The van der Waals surface area contributed by atoms with Crippen LogP contribution in [-0.4, -0.2) is 38.8 Å². The molecule has 2 heterocycles. The van der Waals surface area contributed by atoms with Crippen molar-refractivity contribution < 1.29 is 44.3 Å². The molecule has 1 saturated heterocycles. The quantitative estimate of drug-likeness (QED) is 0.496. The number of benzene rings is 1. The van der Waals surface area contributed by atoms with E-state index in [1.54, 1.807) is 0 Å². The summed E-state index contributed by atoms with van der Waals surface area (Å²) in [5, 5.41) is 4.42. The maximum atomic E-state index is 12.9. The van der Waals surface area contributed by atoms with E-state index in [1.165, 1.54) is 10.8 Å². The number of pyridine rings is 1. The van der Waals surface area contributed by atoms with E-state index < -0.39 is 57.3 Å². The molecule has 186 valence electrons. The number of hydrogen-bond donors (Lipinski definition) is 3. The highest BCUT2D eigenvalue weighted by atomic mass is 32.2. The Morgan fingerprint density at radius 2 is 1.82 bits per heavy atom. The van der Waals surface area contributed by atoms with Gasteiger partial charge in [0, 0.05) is 24.1 Å². The molecule has 3 N–H and O–H groups in total. The number of amides is 2. The zero-order valence-electron chi connectivity index (χ0n) is 17.1. The van der Waals surface area contributed by atoms with Crippen molar-refractivity contribution in [2.45, 2.75) is 36.2 Å². The van der Waals surface area contributed by atoms with Gasteiger partial charge in [0.05, 0.1) is 16.6 Å². The van der Waals surface area contributed by atoms with Crippen molar-refractivity contribution in [2.75, 3.05) is 23.8 Å². The fourth-order valence-electron chi connectivity index (χ4n) is 3.12. The first-order chi connectivity index (χ1) is 15.7. The summed E-state index contributed by atoms with van der Waals surface area (Å²) in [7, 11) is -4.59. The number of hydrogen-bond acceptors (Lipinski definition) is 5. The molecule has 1 aliphatic heterocycles. The molecule has 34 heavy (non-hydrogen) atoms. The first-order valence-electron chi connectivity index (χ1n) is 9.68. The molecule has 1 aromatic heterocycles. The van der Waals surface area contributed by atoms with Crippen LogP contribution in [0.4, 0.5) is 42.6 Å². The molecule has 1 fully saturated rings. The maximum absolute atomic E-state index is 12.9. The largest absolute Gasteiger partial charge is 0.416 e. The lowest BCUT2D eigenvalue weighted by Gasteiger charge is -2.18. The summed E-state index contributed by atoms with van der Waals surface area (Å²) >= 11 is 0. The van der Waals surface area contributed by atoms with Gasteiger partial charge in [-0.3, -0.25) is 5.32 Å². The van der Waals surface area contributed by atoms with Gasteiger partial charge in [-0.25, -0.2) is 22.9 Å². The number of rotatable bonds is 6. The van der Waals surface area contributed by atoms with Crippen LogP contribution in [0.3, 0.4) is 0 Å². The Labute approximate surface area is 189 Å². The molecule has 1 atom stereocenters. The fourth-order valence-corrected chi connectivity index (χ4v) is 4.16. The molecule has 15 heteroatoms. The maximum Gasteiger partial charge on any atom is 0.416 e. The van der Waals surface area contributed by atoms with Gasteiger partial charge >= 0.3 is 18.4 Å². The lowest BCUT2D eigenvalue weighted by Crippen LogP contribution is -2.33. The van der Waals surface area contributed by atoms with Crippen molar-refractivity contribution in [1.82, 2.24) is 9.71 Å². The number of carbonyl (C=O) groups excluding carboxylic acids is 1. The summed E-state index contributed by atoms with van der Waals surface area (Å²) in [6.45, 7) is -1.40. The van der Waals surface area contributed by atoms with Gasteiger partial charge in [-0.2, -0.15) is 26.3 Å². The second kappa shape index (κ2) is 9.76. The predicted octanol–water partition coefficient (Wildman–Crippen LogP) is 4.44. The molecule has 0 radical (unpaired) electrons. The number of ether oxygens (including phenoxy) is 1. The Kier molecular flexibility index (Phi) is 7.38. The Bertz CT molecular complexity index is 1150. The first kappa shape index (κ1) is 25.7. The van der Waals surface area contributed by atoms with Crippen LogP contribution in [0.2, 0.25) is 0 Å². The average molecular weight is 512 g/mol. The van der Waals surface area contributed by atoms with Gasteiger partial charge in [-0.1, -0.05) is 6.07 Å². The van der Waals surface area contributed by atoms with Gasteiger partial charge in [-0.15, -0.1) is 0 Å². The van der Waals surface area contributed by atoms with Crippen molar-refractivity contribution in [2.24, 2.45) is 0 Å². The Hall–Kier alpha value is -2.91. The average Bonchev–Trinajstić information content (AvgIpc) is 3.26. The molecule has 0 bridgehead atoms. The van der Waals surface area contributed by atoms with Crippen LogP contribution in [0.1, 0.15) is 30.1 Å². The summed E-state index contributed by atoms with van der Waals surface area (Å²) < 4.78 is 107. The van der Waals surface area contributed by atoms with Gasteiger partial charge in [0.1, 0.15) is 12.4 Å². The van der Waals surface area contributed by atoms with Crippen LogP contribution in [-0.2, 0) is 20.9 Å². The minimum absolute atomic E-state index is 0.105. The summed E-state index contributed by atoms with van der Waals surface area (Å²) in [4.78, 5) is 15.5. The van der Waals surface area contributed by atoms with E-state index in [-0.39, 0.29) is 5.69 Å². The molecule has 2 amide bonds. The second-order valence-electron chi connectivity index (χ2n) is 7.20. The Morgan fingerprint density at radius 1 is 1.09 bits per heavy atom. The SMILES string of the molecule is O=C(Nc1cc(C(F)(F)F)ccn1)Nc1cc(S(=O)(=O)NCC(F)(F)F)ccc1C1CCCO1. The zero-order valence-corrected chi connectivity index (χ0v) is 17.9. The molecule has 0 spiro atoms. The van der Waals surface area contributed by atoms with Crippen molar-refractivity contribution in [1.29, 1.82) is 0 Å². The molecule has 0 aliphatic carbocycles. The fraction of sp³-hybridized carbons (Fsp3) is 0.368. The van der Waals surface area contributed by atoms with Crippen molar-refractivity contribution in [3.8, 4) is 0 Å². The minimum atomic E-state index is -4.79. The van der Waals surface area contributed by atoms with Gasteiger partial charge in [0.2, 0.25) is 10.0 Å². The van der Waals surface area contributed by atoms with Gasteiger partial charge in [0.15, 0.2) is 0 Å². The first-order valence-corrected chi connectivity index (χ1v) is 11.2. The third kappa shape index (κ3) is 6.80. The van der Waals surface area contributed by atoms with Crippen LogP contribution in [0.15, 0.2) is 41.4 Å². The number of nitrogens with one attached hydrogen (secondary N) is 3. The van der Waals surface area contributed by atoms with E-state index in [9.17, 15) is 39.6 Å². The van der Waals surface area contributed by atoms with E-state index in [4.69, 9.17) is 4.74 Å².